The molecule has 0 aliphatic carbocycles. The van der Waals surface area contributed by atoms with Crippen molar-refractivity contribution in [3.05, 3.63) is 35.4 Å². The second-order valence-electron chi connectivity index (χ2n) is 5.32. The number of nitrogens with zero attached hydrogens (tertiary/aromatic N) is 2. The summed E-state index contributed by atoms with van der Waals surface area (Å²) < 4.78 is 10.6. The number of carbonyl (C=O) groups excluding carboxylic acids is 2. The van der Waals surface area contributed by atoms with Gasteiger partial charge in [0.1, 0.15) is 0 Å². The first-order chi connectivity index (χ1) is 10.5. The molecule has 0 spiro atoms. The molecule has 6 heteroatoms. The summed E-state index contributed by atoms with van der Waals surface area (Å²) in [6.45, 7) is 4.47. The van der Waals surface area contributed by atoms with Gasteiger partial charge in [0.2, 0.25) is 0 Å². The quantitative estimate of drug-likeness (QED) is 0.787. The zero-order chi connectivity index (χ0) is 16.1. The summed E-state index contributed by atoms with van der Waals surface area (Å²) in [6.07, 6.45) is -0.0635. The molecule has 2 rings (SSSR count). The van der Waals surface area contributed by atoms with E-state index in [1.165, 1.54) is 6.07 Å². The molecule has 1 aliphatic heterocycles. The molecule has 0 saturated carbocycles. The van der Waals surface area contributed by atoms with Crippen molar-refractivity contribution >= 4 is 11.9 Å². The van der Waals surface area contributed by atoms with E-state index in [-0.39, 0.29) is 30.3 Å². The Bertz CT molecular complexity index is 598. The van der Waals surface area contributed by atoms with Crippen molar-refractivity contribution in [3.8, 4) is 6.07 Å². The first kappa shape index (κ1) is 16.0. The Hall–Kier alpha value is -2.39. The molecular formula is C16H18N2O4. The van der Waals surface area contributed by atoms with Gasteiger partial charge in [-0.1, -0.05) is 6.07 Å². The van der Waals surface area contributed by atoms with Crippen molar-refractivity contribution < 1.29 is 19.1 Å². The molecule has 2 atom stereocenters. The van der Waals surface area contributed by atoms with Crippen LogP contribution in [0.15, 0.2) is 24.3 Å². The maximum Gasteiger partial charge on any atom is 0.338 e. The zero-order valence-corrected chi connectivity index (χ0v) is 12.6. The van der Waals surface area contributed by atoms with Gasteiger partial charge in [0.05, 0.1) is 29.4 Å². The summed E-state index contributed by atoms with van der Waals surface area (Å²) in [5, 5.41) is 8.81. The minimum atomic E-state index is -0.611. The fourth-order valence-electron chi connectivity index (χ4n) is 2.40. The lowest BCUT2D eigenvalue weighted by molar-refractivity contribution is -0.146. The molecule has 1 aliphatic rings. The maximum atomic E-state index is 12.1. The number of morpholine rings is 1. The predicted molar refractivity (Wildman–Crippen MR) is 78.0 cm³/mol. The van der Waals surface area contributed by atoms with Gasteiger partial charge in [-0.05, 0) is 32.0 Å². The molecule has 1 fully saturated rings. The molecular weight excluding hydrogens is 284 g/mol. The molecule has 0 unspecified atom stereocenters. The lowest BCUT2D eigenvalue weighted by atomic mass is 10.1. The van der Waals surface area contributed by atoms with Crippen LogP contribution in [0, 0.1) is 11.3 Å². The summed E-state index contributed by atoms with van der Waals surface area (Å²) in [7, 11) is 0. The van der Waals surface area contributed by atoms with Gasteiger partial charge in [0.15, 0.2) is 6.61 Å². The fraction of sp³-hybridized carbons (Fsp3) is 0.438. The van der Waals surface area contributed by atoms with Crippen molar-refractivity contribution in [2.75, 3.05) is 19.7 Å². The molecule has 0 N–H and O–H groups in total. The van der Waals surface area contributed by atoms with Crippen LogP contribution < -0.4 is 0 Å². The number of nitriles is 1. The van der Waals surface area contributed by atoms with E-state index < -0.39 is 5.97 Å². The van der Waals surface area contributed by atoms with Crippen LogP contribution in [0.4, 0.5) is 0 Å². The van der Waals surface area contributed by atoms with Gasteiger partial charge in [0, 0.05) is 13.1 Å². The van der Waals surface area contributed by atoms with E-state index in [9.17, 15) is 9.59 Å². The van der Waals surface area contributed by atoms with Crippen molar-refractivity contribution in [3.63, 3.8) is 0 Å². The van der Waals surface area contributed by atoms with Crippen LogP contribution in [0.5, 0.6) is 0 Å². The second-order valence-corrected chi connectivity index (χ2v) is 5.32. The summed E-state index contributed by atoms with van der Waals surface area (Å²) in [4.78, 5) is 25.6. The standard InChI is InChI=1S/C16H18N2O4/c1-11-8-18(9-12(2)22-11)15(19)10-21-16(20)14-5-3-4-13(6-14)7-17/h3-6,11-12H,8-10H2,1-2H3/t11-,12-/m0/s1. The molecule has 0 aromatic heterocycles. The molecule has 0 bridgehead atoms. The normalized spacial score (nSPS) is 21.0. The van der Waals surface area contributed by atoms with Crippen LogP contribution in [0.25, 0.3) is 0 Å². The number of benzene rings is 1. The lowest BCUT2D eigenvalue weighted by Crippen LogP contribution is -2.49. The number of hydrogen-bond donors (Lipinski definition) is 0. The van der Waals surface area contributed by atoms with E-state index >= 15 is 0 Å². The Morgan fingerprint density at radius 1 is 1.36 bits per heavy atom. The Labute approximate surface area is 129 Å². The predicted octanol–water partition coefficient (Wildman–Crippen LogP) is 1.35. The molecule has 1 heterocycles. The van der Waals surface area contributed by atoms with Crippen LogP contribution in [0.3, 0.4) is 0 Å². The summed E-state index contributed by atoms with van der Waals surface area (Å²) in [5.74, 6) is -0.855. The molecule has 1 aromatic rings. The number of rotatable bonds is 3. The Kier molecular flexibility index (Phi) is 5.12. The number of carbonyl (C=O) groups is 2. The first-order valence-corrected chi connectivity index (χ1v) is 7.10. The van der Waals surface area contributed by atoms with Crippen LogP contribution in [-0.4, -0.2) is 48.7 Å². The van der Waals surface area contributed by atoms with E-state index in [1.807, 2.05) is 19.9 Å². The third-order valence-electron chi connectivity index (χ3n) is 3.33. The number of hydrogen-bond acceptors (Lipinski definition) is 5. The summed E-state index contributed by atoms with van der Waals surface area (Å²) in [6, 6.07) is 8.13. The van der Waals surface area contributed by atoms with Gasteiger partial charge in [-0.3, -0.25) is 4.79 Å². The van der Waals surface area contributed by atoms with E-state index in [0.717, 1.165) is 0 Å². The summed E-state index contributed by atoms with van der Waals surface area (Å²) >= 11 is 0. The van der Waals surface area contributed by atoms with Gasteiger partial charge in [-0.25, -0.2) is 4.79 Å². The molecule has 22 heavy (non-hydrogen) atoms. The van der Waals surface area contributed by atoms with Crippen molar-refractivity contribution in [2.24, 2.45) is 0 Å². The number of ether oxygens (including phenoxy) is 2. The van der Waals surface area contributed by atoms with Crippen molar-refractivity contribution in [1.29, 1.82) is 5.26 Å². The van der Waals surface area contributed by atoms with Gasteiger partial charge in [-0.15, -0.1) is 0 Å². The van der Waals surface area contributed by atoms with Gasteiger partial charge in [-0.2, -0.15) is 5.26 Å². The Balaban J connectivity index is 1.90. The van der Waals surface area contributed by atoms with Crippen molar-refractivity contribution in [1.82, 2.24) is 4.90 Å². The van der Waals surface area contributed by atoms with Gasteiger partial charge >= 0.3 is 5.97 Å². The van der Waals surface area contributed by atoms with Crippen LogP contribution in [0.1, 0.15) is 29.8 Å². The molecule has 0 radical (unpaired) electrons. The van der Waals surface area contributed by atoms with Crippen LogP contribution >= 0.6 is 0 Å². The second kappa shape index (κ2) is 7.05. The van der Waals surface area contributed by atoms with Crippen LogP contribution in [-0.2, 0) is 14.3 Å². The molecule has 116 valence electrons. The average molecular weight is 302 g/mol. The summed E-state index contributed by atoms with van der Waals surface area (Å²) in [5.41, 5.74) is 0.632. The lowest BCUT2D eigenvalue weighted by Gasteiger charge is -2.35. The smallest absolute Gasteiger partial charge is 0.338 e. The highest BCUT2D eigenvalue weighted by Crippen LogP contribution is 2.11. The minimum absolute atomic E-state index is 0.0317. The maximum absolute atomic E-state index is 12.1. The van der Waals surface area contributed by atoms with Gasteiger partial charge < -0.3 is 14.4 Å². The SMILES string of the molecule is C[C@H]1CN(C(=O)COC(=O)c2cccc(C#N)c2)C[C@H](C)O1. The average Bonchev–Trinajstić information content (AvgIpc) is 2.51. The molecule has 1 aromatic carbocycles. The van der Waals surface area contributed by atoms with E-state index in [4.69, 9.17) is 14.7 Å². The van der Waals surface area contributed by atoms with E-state index in [0.29, 0.717) is 18.7 Å². The first-order valence-electron chi connectivity index (χ1n) is 7.10. The zero-order valence-electron chi connectivity index (χ0n) is 12.6. The Morgan fingerprint density at radius 2 is 2.05 bits per heavy atom. The topological polar surface area (TPSA) is 79.6 Å². The van der Waals surface area contributed by atoms with Crippen LogP contribution in [0.2, 0.25) is 0 Å². The highest BCUT2D eigenvalue weighted by Gasteiger charge is 2.26. The highest BCUT2D eigenvalue weighted by atomic mass is 16.5. The molecule has 1 saturated heterocycles. The van der Waals surface area contributed by atoms with Gasteiger partial charge in [0.25, 0.3) is 5.91 Å². The monoisotopic (exact) mass is 302 g/mol. The third-order valence-corrected chi connectivity index (χ3v) is 3.33. The largest absolute Gasteiger partial charge is 0.452 e. The molecule has 6 nitrogen and oxygen atoms in total. The molecule has 1 amide bonds. The number of esters is 1. The number of amides is 1. The minimum Gasteiger partial charge on any atom is -0.452 e. The van der Waals surface area contributed by atoms with E-state index in [2.05, 4.69) is 0 Å². The Morgan fingerprint density at radius 3 is 2.68 bits per heavy atom. The van der Waals surface area contributed by atoms with Crippen molar-refractivity contribution in [2.45, 2.75) is 26.1 Å². The fourth-order valence-corrected chi connectivity index (χ4v) is 2.40. The third kappa shape index (κ3) is 4.06. The van der Waals surface area contributed by atoms with E-state index in [1.54, 1.807) is 23.1 Å². The highest BCUT2D eigenvalue weighted by molar-refractivity contribution is 5.91.